The highest BCUT2D eigenvalue weighted by Crippen LogP contribution is 2.23. The van der Waals surface area contributed by atoms with Gasteiger partial charge in [0.1, 0.15) is 11.6 Å². The number of carbonyl (C=O) groups excluding carboxylic acids is 2. The Morgan fingerprint density at radius 2 is 1.90 bits per heavy atom. The molecule has 1 aromatic carbocycles. The minimum atomic E-state index is -0.636. The van der Waals surface area contributed by atoms with Gasteiger partial charge in [0.25, 0.3) is 11.8 Å². The van der Waals surface area contributed by atoms with Crippen LogP contribution in [0.2, 0.25) is 0 Å². The van der Waals surface area contributed by atoms with Crippen LogP contribution in [-0.2, 0) is 9.59 Å². The zero-order valence-electron chi connectivity index (χ0n) is 19.1. The molecule has 2 amide bonds. The minimum absolute atomic E-state index is 0.263. The number of hydrazone groups is 1. The van der Waals surface area contributed by atoms with E-state index >= 15 is 0 Å². The van der Waals surface area contributed by atoms with Gasteiger partial charge in [-0.15, -0.1) is 5.10 Å². The molecule has 0 saturated heterocycles. The molecule has 0 fully saturated rings. The van der Waals surface area contributed by atoms with Gasteiger partial charge in [-0.25, -0.2) is 0 Å². The molecular formula is C22H32N6O3. The second-order valence-electron chi connectivity index (χ2n) is 7.61. The van der Waals surface area contributed by atoms with Crippen LogP contribution in [-0.4, -0.2) is 54.8 Å². The van der Waals surface area contributed by atoms with E-state index in [-0.39, 0.29) is 11.6 Å². The molecule has 1 aliphatic heterocycles. The van der Waals surface area contributed by atoms with Crippen molar-refractivity contribution in [2.45, 2.75) is 40.5 Å². The third-order valence-corrected chi connectivity index (χ3v) is 5.07. The van der Waals surface area contributed by atoms with Crippen LogP contribution in [0, 0.1) is 11.8 Å². The number of nitrogens with one attached hydrogen (secondary N) is 2. The van der Waals surface area contributed by atoms with Crippen molar-refractivity contribution in [1.29, 1.82) is 0 Å². The topological polar surface area (TPSA) is 108 Å². The maximum absolute atomic E-state index is 12.9. The normalized spacial score (nSPS) is 19.0. The first-order valence-electron chi connectivity index (χ1n) is 10.5. The van der Waals surface area contributed by atoms with Gasteiger partial charge in [-0.2, -0.15) is 10.2 Å². The van der Waals surface area contributed by atoms with E-state index in [4.69, 9.17) is 4.74 Å². The van der Waals surface area contributed by atoms with E-state index in [0.717, 1.165) is 12.1 Å². The van der Waals surface area contributed by atoms with Gasteiger partial charge in [0, 0.05) is 38.0 Å². The fourth-order valence-electron chi connectivity index (χ4n) is 3.22. The van der Waals surface area contributed by atoms with Crippen LogP contribution in [0.1, 0.15) is 40.5 Å². The van der Waals surface area contributed by atoms with E-state index in [1.807, 2.05) is 13.8 Å². The van der Waals surface area contributed by atoms with Gasteiger partial charge < -0.3 is 20.4 Å². The summed E-state index contributed by atoms with van der Waals surface area (Å²) in [5.74, 6) is 0.348. The van der Waals surface area contributed by atoms with Gasteiger partial charge in [0.05, 0.1) is 6.61 Å². The number of nitrogens with zero attached hydrogens (tertiary/aromatic N) is 4. The van der Waals surface area contributed by atoms with Crippen LogP contribution in [0.3, 0.4) is 0 Å². The summed E-state index contributed by atoms with van der Waals surface area (Å²) in [6, 6.07) is 6.95. The van der Waals surface area contributed by atoms with Crippen LogP contribution in [0.15, 0.2) is 39.6 Å². The van der Waals surface area contributed by atoms with Crippen molar-refractivity contribution in [2.75, 3.05) is 26.0 Å². The van der Waals surface area contributed by atoms with Gasteiger partial charge in [-0.1, -0.05) is 26.3 Å². The average molecular weight is 429 g/mol. The third-order valence-electron chi connectivity index (χ3n) is 5.07. The lowest BCUT2D eigenvalue weighted by Crippen LogP contribution is -2.43. The Morgan fingerprint density at radius 1 is 1.19 bits per heavy atom. The van der Waals surface area contributed by atoms with Crippen LogP contribution in [0.5, 0.6) is 5.75 Å². The first-order valence-corrected chi connectivity index (χ1v) is 10.5. The summed E-state index contributed by atoms with van der Waals surface area (Å²) in [4.78, 5) is 25.8. The highest BCUT2D eigenvalue weighted by molar-refractivity contribution is 6.67. The molecule has 1 aromatic rings. The third kappa shape index (κ3) is 6.91. The Labute approximate surface area is 183 Å². The monoisotopic (exact) mass is 428 g/mol. The van der Waals surface area contributed by atoms with E-state index in [0.29, 0.717) is 36.2 Å². The van der Waals surface area contributed by atoms with Crippen LogP contribution in [0.4, 0.5) is 5.69 Å². The molecule has 0 bridgehead atoms. The lowest BCUT2D eigenvalue weighted by atomic mass is 9.85. The molecule has 1 heterocycles. The Balaban J connectivity index is 2.19. The summed E-state index contributed by atoms with van der Waals surface area (Å²) >= 11 is 0. The molecular weight excluding hydrogens is 396 g/mol. The highest BCUT2D eigenvalue weighted by Gasteiger charge is 2.27. The SMILES string of the molecule is CCOc1cccc(NC(=O)C(=NN(C)C)C(=O)NC2=NN=C(C)C(C)C(CC)C2)c1. The standard InChI is InChI=1S/C22H32N6O3/c1-7-16-12-19(26-25-15(4)14(16)3)24-22(30)20(27-28(5)6)21(29)23-17-10-9-11-18(13-17)31-8-2/h9-11,13-14,16H,7-8,12H2,1-6H3,(H,23,29)(H,24,26,30). The molecule has 0 saturated carbocycles. The zero-order valence-corrected chi connectivity index (χ0v) is 19.1. The summed E-state index contributed by atoms with van der Waals surface area (Å²) < 4.78 is 5.45. The summed E-state index contributed by atoms with van der Waals surface area (Å²) in [5.41, 5.74) is 1.15. The quantitative estimate of drug-likeness (QED) is 0.395. The van der Waals surface area contributed by atoms with E-state index in [1.54, 1.807) is 38.4 Å². The maximum atomic E-state index is 12.9. The molecule has 2 N–H and O–H groups in total. The molecule has 9 heteroatoms. The lowest BCUT2D eigenvalue weighted by molar-refractivity contribution is -0.116. The Morgan fingerprint density at radius 3 is 2.55 bits per heavy atom. The van der Waals surface area contributed by atoms with Crippen molar-refractivity contribution >= 4 is 34.8 Å². The van der Waals surface area contributed by atoms with Crippen LogP contribution in [0.25, 0.3) is 0 Å². The smallest absolute Gasteiger partial charge is 0.282 e. The van der Waals surface area contributed by atoms with E-state index in [2.05, 4.69) is 39.8 Å². The molecule has 168 valence electrons. The number of ether oxygens (including phenoxy) is 1. The molecule has 1 aliphatic rings. The molecule has 2 rings (SSSR count). The second-order valence-corrected chi connectivity index (χ2v) is 7.61. The van der Waals surface area contributed by atoms with Crippen LogP contribution < -0.4 is 15.4 Å². The fourth-order valence-corrected chi connectivity index (χ4v) is 3.22. The number of benzene rings is 1. The van der Waals surface area contributed by atoms with Crippen molar-refractivity contribution in [3.63, 3.8) is 0 Å². The number of anilines is 1. The van der Waals surface area contributed by atoms with Gasteiger partial charge in [-0.3, -0.25) is 9.59 Å². The Kier molecular flexibility index (Phi) is 8.72. The number of amidine groups is 1. The zero-order chi connectivity index (χ0) is 23.0. The van der Waals surface area contributed by atoms with E-state index in [1.165, 1.54) is 5.01 Å². The molecule has 0 radical (unpaired) electrons. The summed E-state index contributed by atoms with van der Waals surface area (Å²) in [6.07, 6.45) is 1.50. The van der Waals surface area contributed by atoms with Crippen molar-refractivity contribution in [1.82, 2.24) is 10.3 Å². The van der Waals surface area contributed by atoms with Gasteiger partial charge in [-0.05, 0) is 37.8 Å². The molecule has 0 spiro atoms. The molecule has 0 aliphatic carbocycles. The molecule has 9 nitrogen and oxygen atoms in total. The Hall–Kier alpha value is -3.23. The van der Waals surface area contributed by atoms with Gasteiger partial charge in [0.15, 0.2) is 0 Å². The summed E-state index contributed by atoms with van der Waals surface area (Å²) in [6.45, 7) is 8.53. The van der Waals surface area contributed by atoms with Gasteiger partial charge in [0.2, 0.25) is 5.71 Å². The lowest BCUT2D eigenvalue weighted by Gasteiger charge is -2.20. The number of hydrogen-bond donors (Lipinski definition) is 2. The van der Waals surface area contributed by atoms with E-state index < -0.39 is 11.8 Å². The maximum Gasteiger partial charge on any atom is 0.282 e. The molecule has 2 atom stereocenters. The molecule has 31 heavy (non-hydrogen) atoms. The van der Waals surface area contributed by atoms with Crippen molar-refractivity contribution < 1.29 is 14.3 Å². The first kappa shape index (κ1) is 24.0. The molecule has 0 aromatic heterocycles. The van der Waals surface area contributed by atoms with Crippen molar-refractivity contribution in [2.24, 2.45) is 27.1 Å². The number of rotatable bonds is 7. The largest absolute Gasteiger partial charge is 0.494 e. The number of hydrogen-bond acceptors (Lipinski definition) is 7. The number of amides is 2. The van der Waals surface area contributed by atoms with Gasteiger partial charge >= 0.3 is 0 Å². The fraction of sp³-hybridized carbons (Fsp3) is 0.500. The second kappa shape index (κ2) is 11.2. The summed E-state index contributed by atoms with van der Waals surface area (Å²) in [5, 5.41) is 19.3. The predicted molar refractivity (Wildman–Crippen MR) is 124 cm³/mol. The van der Waals surface area contributed by atoms with Crippen molar-refractivity contribution in [3.8, 4) is 5.75 Å². The average Bonchev–Trinajstić information content (AvgIpc) is 2.85. The minimum Gasteiger partial charge on any atom is -0.494 e. The van der Waals surface area contributed by atoms with Crippen molar-refractivity contribution in [3.05, 3.63) is 24.3 Å². The summed E-state index contributed by atoms with van der Waals surface area (Å²) in [7, 11) is 3.28. The Bertz CT molecular complexity index is 891. The number of carbonyl (C=O) groups is 2. The van der Waals surface area contributed by atoms with E-state index in [9.17, 15) is 9.59 Å². The predicted octanol–water partition coefficient (Wildman–Crippen LogP) is 2.90. The first-order chi connectivity index (χ1) is 14.7. The molecule has 2 unspecified atom stereocenters. The van der Waals surface area contributed by atoms with Crippen LogP contribution >= 0.6 is 0 Å². The highest BCUT2D eigenvalue weighted by atomic mass is 16.5.